The number of anilines is 1. The first kappa shape index (κ1) is 9.34. The molecule has 1 aliphatic carbocycles. The normalized spacial score (nSPS) is 17.9. The van der Waals surface area contributed by atoms with Gasteiger partial charge in [-0.2, -0.15) is 0 Å². The standard InChI is InChI=1S/C11H15NO2/c1-14-10-3-2-8(6-9(10)12)7-11(13)4-5-11/h2-3,6,13H,4-5,7,12H2,1H3. The third kappa shape index (κ3) is 1.82. The van der Waals surface area contributed by atoms with E-state index in [2.05, 4.69) is 0 Å². The van der Waals surface area contributed by atoms with Gasteiger partial charge >= 0.3 is 0 Å². The molecule has 3 heteroatoms. The van der Waals surface area contributed by atoms with Gasteiger partial charge in [-0.15, -0.1) is 0 Å². The SMILES string of the molecule is COc1ccc(CC2(O)CC2)cc1N. The number of rotatable bonds is 3. The summed E-state index contributed by atoms with van der Waals surface area (Å²) in [4.78, 5) is 0. The van der Waals surface area contributed by atoms with Crippen LogP contribution in [0, 0.1) is 0 Å². The van der Waals surface area contributed by atoms with E-state index >= 15 is 0 Å². The minimum atomic E-state index is -0.457. The number of ether oxygens (including phenoxy) is 1. The molecule has 1 aliphatic rings. The number of hydrogen-bond acceptors (Lipinski definition) is 3. The van der Waals surface area contributed by atoms with Crippen molar-refractivity contribution in [2.75, 3.05) is 12.8 Å². The van der Waals surface area contributed by atoms with Gasteiger partial charge in [0, 0.05) is 6.42 Å². The Morgan fingerprint density at radius 1 is 1.50 bits per heavy atom. The maximum absolute atomic E-state index is 9.73. The average Bonchev–Trinajstić information content (AvgIpc) is 2.84. The van der Waals surface area contributed by atoms with Crippen LogP contribution in [0.2, 0.25) is 0 Å². The van der Waals surface area contributed by atoms with Crippen molar-refractivity contribution < 1.29 is 9.84 Å². The van der Waals surface area contributed by atoms with Crippen LogP contribution in [0.15, 0.2) is 18.2 Å². The first-order valence-corrected chi connectivity index (χ1v) is 4.78. The quantitative estimate of drug-likeness (QED) is 0.712. The fourth-order valence-electron chi connectivity index (χ4n) is 1.59. The van der Waals surface area contributed by atoms with Gasteiger partial charge in [0.2, 0.25) is 0 Å². The number of nitrogen functional groups attached to an aromatic ring is 1. The highest BCUT2D eigenvalue weighted by atomic mass is 16.5. The van der Waals surface area contributed by atoms with E-state index in [0.717, 1.165) is 18.4 Å². The van der Waals surface area contributed by atoms with Gasteiger partial charge < -0.3 is 15.6 Å². The maximum Gasteiger partial charge on any atom is 0.141 e. The van der Waals surface area contributed by atoms with Gasteiger partial charge in [0.05, 0.1) is 18.4 Å². The topological polar surface area (TPSA) is 55.5 Å². The van der Waals surface area contributed by atoms with Crippen molar-refractivity contribution in [3.05, 3.63) is 23.8 Å². The molecule has 0 aromatic heterocycles. The van der Waals surface area contributed by atoms with Crippen LogP contribution in [0.25, 0.3) is 0 Å². The zero-order chi connectivity index (χ0) is 10.2. The molecule has 3 N–H and O–H groups in total. The van der Waals surface area contributed by atoms with E-state index in [4.69, 9.17) is 10.5 Å². The van der Waals surface area contributed by atoms with Crippen molar-refractivity contribution in [2.45, 2.75) is 24.9 Å². The lowest BCUT2D eigenvalue weighted by Gasteiger charge is -2.10. The van der Waals surface area contributed by atoms with Gasteiger partial charge in [-0.25, -0.2) is 0 Å². The average molecular weight is 193 g/mol. The Balaban J connectivity index is 2.15. The Hall–Kier alpha value is -1.22. The molecule has 0 spiro atoms. The van der Waals surface area contributed by atoms with Gasteiger partial charge in [-0.05, 0) is 30.5 Å². The van der Waals surface area contributed by atoms with Gasteiger partial charge in [0.25, 0.3) is 0 Å². The molecule has 0 heterocycles. The Kier molecular flexibility index (Phi) is 2.11. The first-order valence-electron chi connectivity index (χ1n) is 4.78. The van der Waals surface area contributed by atoms with E-state index in [9.17, 15) is 5.11 Å². The largest absolute Gasteiger partial charge is 0.495 e. The number of benzene rings is 1. The van der Waals surface area contributed by atoms with E-state index in [1.54, 1.807) is 7.11 Å². The van der Waals surface area contributed by atoms with Crippen LogP contribution in [-0.4, -0.2) is 17.8 Å². The van der Waals surface area contributed by atoms with E-state index in [1.807, 2.05) is 18.2 Å². The Morgan fingerprint density at radius 2 is 2.21 bits per heavy atom. The first-order chi connectivity index (χ1) is 6.63. The minimum Gasteiger partial charge on any atom is -0.495 e. The van der Waals surface area contributed by atoms with Gasteiger partial charge in [-0.1, -0.05) is 6.07 Å². The fourth-order valence-corrected chi connectivity index (χ4v) is 1.59. The third-order valence-electron chi connectivity index (χ3n) is 2.65. The van der Waals surface area contributed by atoms with Crippen molar-refractivity contribution in [2.24, 2.45) is 0 Å². The molecular weight excluding hydrogens is 178 g/mol. The monoisotopic (exact) mass is 193 g/mol. The highest BCUT2D eigenvalue weighted by molar-refractivity contribution is 5.54. The van der Waals surface area contributed by atoms with E-state index in [-0.39, 0.29) is 0 Å². The smallest absolute Gasteiger partial charge is 0.141 e. The predicted octanol–water partition coefficient (Wildman–Crippen LogP) is 1.34. The summed E-state index contributed by atoms with van der Waals surface area (Å²) in [5.41, 5.74) is 7.01. The van der Waals surface area contributed by atoms with Crippen molar-refractivity contribution >= 4 is 5.69 Å². The fraction of sp³-hybridized carbons (Fsp3) is 0.455. The summed E-state index contributed by atoms with van der Waals surface area (Å²) in [6.45, 7) is 0. The summed E-state index contributed by atoms with van der Waals surface area (Å²) in [5.74, 6) is 0.691. The van der Waals surface area contributed by atoms with Crippen LogP contribution in [0.3, 0.4) is 0 Å². The molecule has 0 bridgehead atoms. The molecule has 1 fully saturated rings. The summed E-state index contributed by atoms with van der Waals surface area (Å²) in [6.07, 6.45) is 2.50. The summed E-state index contributed by atoms with van der Waals surface area (Å²) < 4.78 is 5.06. The molecule has 76 valence electrons. The zero-order valence-corrected chi connectivity index (χ0v) is 8.29. The molecule has 0 aliphatic heterocycles. The predicted molar refractivity (Wildman–Crippen MR) is 55.3 cm³/mol. The lowest BCUT2D eigenvalue weighted by atomic mass is 10.1. The molecule has 0 unspecified atom stereocenters. The third-order valence-corrected chi connectivity index (χ3v) is 2.65. The summed E-state index contributed by atoms with van der Waals surface area (Å²) in [6, 6.07) is 5.66. The second-order valence-corrected chi connectivity index (χ2v) is 3.98. The zero-order valence-electron chi connectivity index (χ0n) is 8.29. The molecule has 0 atom stereocenters. The Morgan fingerprint density at radius 3 is 2.71 bits per heavy atom. The molecule has 1 aromatic rings. The van der Waals surface area contributed by atoms with Crippen LogP contribution < -0.4 is 10.5 Å². The molecule has 0 amide bonds. The molecular formula is C11H15NO2. The van der Waals surface area contributed by atoms with Gasteiger partial charge in [0.15, 0.2) is 0 Å². The van der Waals surface area contributed by atoms with E-state index in [0.29, 0.717) is 17.9 Å². The summed E-state index contributed by atoms with van der Waals surface area (Å²) in [5, 5.41) is 9.73. The van der Waals surface area contributed by atoms with Crippen LogP contribution in [0.5, 0.6) is 5.75 Å². The second kappa shape index (κ2) is 3.17. The number of hydrogen-bond donors (Lipinski definition) is 2. The Labute approximate surface area is 83.5 Å². The van der Waals surface area contributed by atoms with Crippen LogP contribution in [-0.2, 0) is 6.42 Å². The molecule has 14 heavy (non-hydrogen) atoms. The van der Waals surface area contributed by atoms with Crippen molar-refractivity contribution in [3.63, 3.8) is 0 Å². The van der Waals surface area contributed by atoms with Gasteiger partial charge in [-0.3, -0.25) is 0 Å². The highest BCUT2D eigenvalue weighted by Crippen LogP contribution is 2.38. The summed E-state index contributed by atoms with van der Waals surface area (Å²) >= 11 is 0. The van der Waals surface area contributed by atoms with Crippen LogP contribution in [0.1, 0.15) is 18.4 Å². The lowest BCUT2D eigenvalue weighted by molar-refractivity contribution is 0.151. The summed E-state index contributed by atoms with van der Waals surface area (Å²) in [7, 11) is 1.60. The molecule has 0 radical (unpaired) electrons. The number of methoxy groups -OCH3 is 1. The van der Waals surface area contributed by atoms with E-state index < -0.39 is 5.60 Å². The lowest BCUT2D eigenvalue weighted by Crippen LogP contribution is -2.10. The van der Waals surface area contributed by atoms with Crippen LogP contribution in [0.4, 0.5) is 5.69 Å². The highest BCUT2D eigenvalue weighted by Gasteiger charge is 2.40. The van der Waals surface area contributed by atoms with Crippen molar-refractivity contribution in [3.8, 4) is 5.75 Å². The molecule has 2 rings (SSSR count). The number of aliphatic hydroxyl groups is 1. The molecule has 1 aromatic carbocycles. The number of nitrogens with two attached hydrogens (primary N) is 1. The van der Waals surface area contributed by atoms with Crippen LogP contribution >= 0.6 is 0 Å². The molecule has 3 nitrogen and oxygen atoms in total. The van der Waals surface area contributed by atoms with E-state index in [1.165, 1.54) is 0 Å². The minimum absolute atomic E-state index is 0.457. The molecule has 0 saturated heterocycles. The van der Waals surface area contributed by atoms with Crippen molar-refractivity contribution in [1.29, 1.82) is 0 Å². The van der Waals surface area contributed by atoms with Crippen molar-refractivity contribution in [1.82, 2.24) is 0 Å². The maximum atomic E-state index is 9.73. The van der Waals surface area contributed by atoms with Gasteiger partial charge in [0.1, 0.15) is 5.75 Å². The molecule has 1 saturated carbocycles. The second-order valence-electron chi connectivity index (χ2n) is 3.98. The Bertz CT molecular complexity index is 345.